The van der Waals surface area contributed by atoms with E-state index in [2.05, 4.69) is 15.3 Å². The van der Waals surface area contributed by atoms with Crippen LogP contribution in [0.2, 0.25) is 0 Å². The molecule has 0 atom stereocenters. The number of rotatable bonds is 4. The van der Waals surface area contributed by atoms with Gasteiger partial charge < -0.3 is 0 Å². The average molecular weight is 312 g/mol. The molecule has 0 aliphatic heterocycles. The van der Waals surface area contributed by atoms with Crippen LogP contribution >= 0.6 is 23.6 Å². The zero-order chi connectivity index (χ0) is 14.5. The van der Waals surface area contributed by atoms with Gasteiger partial charge in [-0.25, -0.2) is 5.10 Å². The van der Waals surface area contributed by atoms with Gasteiger partial charge in [-0.15, -0.1) is 11.3 Å². The minimum Gasteiger partial charge on any atom is -0.250 e. The van der Waals surface area contributed by atoms with Gasteiger partial charge in [-0.3, -0.25) is 0 Å². The van der Waals surface area contributed by atoms with E-state index in [9.17, 15) is 0 Å². The number of aromatic nitrogens is 3. The minimum atomic E-state index is 0.475. The van der Waals surface area contributed by atoms with E-state index in [4.69, 9.17) is 12.2 Å². The van der Waals surface area contributed by atoms with Crippen molar-refractivity contribution in [1.29, 1.82) is 0 Å². The topological polar surface area (TPSA) is 46.0 Å². The Morgan fingerprint density at radius 2 is 2.05 bits per heavy atom. The van der Waals surface area contributed by atoms with Crippen molar-refractivity contribution in [2.75, 3.05) is 0 Å². The highest BCUT2D eigenvalue weighted by Gasteiger charge is 2.07. The van der Waals surface area contributed by atoms with Gasteiger partial charge in [0.2, 0.25) is 4.77 Å². The first-order valence-corrected chi connectivity index (χ1v) is 7.61. The van der Waals surface area contributed by atoms with Crippen LogP contribution in [0.3, 0.4) is 0 Å². The van der Waals surface area contributed by atoms with Gasteiger partial charge in [0.05, 0.1) is 4.88 Å². The Hall–Kier alpha value is -2.31. The molecule has 1 N–H and O–H groups in total. The lowest BCUT2D eigenvalue weighted by atomic mass is 10.2. The standard InChI is InChI=1S/C15H12N4S2/c20-15-18-17-14(13-9-5-11-21-13)19(15)16-10-4-8-12-6-2-1-3-7-12/h1-11H,(H,18,20)/b8-4+,16-10+. The van der Waals surface area contributed by atoms with E-state index < -0.39 is 0 Å². The summed E-state index contributed by atoms with van der Waals surface area (Å²) >= 11 is 6.80. The molecule has 21 heavy (non-hydrogen) atoms. The molecule has 3 rings (SSSR count). The van der Waals surface area contributed by atoms with Crippen LogP contribution in [0.15, 0.2) is 59.0 Å². The van der Waals surface area contributed by atoms with E-state index >= 15 is 0 Å². The summed E-state index contributed by atoms with van der Waals surface area (Å²) in [6.45, 7) is 0. The Balaban J connectivity index is 1.82. The number of H-pyrrole nitrogens is 1. The first kappa shape index (κ1) is 13.7. The van der Waals surface area contributed by atoms with Crippen molar-refractivity contribution in [3.05, 3.63) is 64.3 Å². The van der Waals surface area contributed by atoms with Crippen molar-refractivity contribution in [2.45, 2.75) is 0 Å². The monoisotopic (exact) mass is 312 g/mol. The van der Waals surface area contributed by atoms with Gasteiger partial charge >= 0.3 is 0 Å². The second kappa shape index (κ2) is 6.43. The third-order valence-corrected chi connectivity index (χ3v) is 3.88. The molecule has 0 aliphatic carbocycles. The molecule has 4 nitrogen and oxygen atoms in total. The molecule has 6 heteroatoms. The molecule has 2 heterocycles. The summed E-state index contributed by atoms with van der Waals surface area (Å²) in [5.74, 6) is 0.722. The molecule has 0 unspecified atom stereocenters. The maximum Gasteiger partial charge on any atom is 0.216 e. The fourth-order valence-electron chi connectivity index (χ4n) is 1.79. The van der Waals surface area contributed by atoms with Gasteiger partial charge in [-0.05, 0) is 35.3 Å². The molecule has 0 radical (unpaired) electrons. The Morgan fingerprint density at radius 1 is 1.19 bits per heavy atom. The van der Waals surface area contributed by atoms with Crippen molar-refractivity contribution < 1.29 is 0 Å². The highest BCUT2D eigenvalue weighted by Crippen LogP contribution is 2.22. The van der Waals surface area contributed by atoms with Crippen LogP contribution in [0.4, 0.5) is 0 Å². The maximum absolute atomic E-state index is 5.20. The summed E-state index contributed by atoms with van der Waals surface area (Å²) < 4.78 is 2.10. The highest BCUT2D eigenvalue weighted by atomic mass is 32.1. The number of aromatic amines is 1. The summed E-state index contributed by atoms with van der Waals surface area (Å²) in [4.78, 5) is 1.02. The Labute approximate surface area is 131 Å². The molecule has 104 valence electrons. The number of hydrogen-bond acceptors (Lipinski definition) is 4. The van der Waals surface area contributed by atoms with Gasteiger partial charge in [0, 0.05) is 6.21 Å². The Kier molecular flexibility index (Phi) is 4.18. The quantitative estimate of drug-likeness (QED) is 0.579. The van der Waals surface area contributed by atoms with E-state index in [0.717, 1.165) is 16.3 Å². The van der Waals surface area contributed by atoms with Crippen LogP contribution in [0, 0.1) is 4.77 Å². The Bertz CT molecular complexity index is 811. The number of thiophene rings is 1. The molecule has 0 saturated carbocycles. The maximum atomic E-state index is 5.20. The van der Waals surface area contributed by atoms with Crippen molar-refractivity contribution in [1.82, 2.24) is 14.9 Å². The summed E-state index contributed by atoms with van der Waals surface area (Å²) in [6.07, 6.45) is 5.57. The Morgan fingerprint density at radius 3 is 2.81 bits per heavy atom. The SMILES string of the molecule is S=c1[nH]nc(-c2cccs2)n1/N=C/C=C/c1ccccc1. The van der Waals surface area contributed by atoms with Gasteiger partial charge in [0.1, 0.15) is 0 Å². The zero-order valence-electron chi connectivity index (χ0n) is 11.0. The van der Waals surface area contributed by atoms with E-state index in [1.54, 1.807) is 22.2 Å². The lowest BCUT2D eigenvalue weighted by molar-refractivity contribution is 0.874. The van der Waals surface area contributed by atoms with Gasteiger partial charge in [0.25, 0.3) is 0 Å². The molecule has 0 amide bonds. The lowest BCUT2D eigenvalue weighted by Gasteiger charge is -1.96. The van der Waals surface area contributed by atoms with Crippen LogP contribution < -0.4 is 0 Å². The van der Waals surface area contributed by atoms with Crippen molar-refractivity contribution >= 4 is 35.8 Å². The number of hydrogen-bond donors (Lipinski definition) is 1. The van der Waals surface area contributed by atoms with Gasteiger partial charge in [-0.1, -0.05) is 42.5 Å². The minimum absolute atomic E-state index is 0.475. The first-order chi connectivity index (χ1) is 10.3. The fraction of sp³-hybridized carbons (Fsp3) is 0. The second-order valence-electron chi connectivity index (χ2n) is 4.18. The normalized spacial score (nSPS) is 11.6. The molecule has 0 saturated heterocycles. The largest absolute Gasteiger partial charge is 0.250 e. The zero-order valence-corrected chi connectivity index (χ0v) is 12.6. The third kappa shape index (κ3) is 3.24. The lowest BCUT2D eigenvalue weighted by Crippen LogP contribution is -1.91. The fourth-order valence-corrected chi connectivity index (χ4v) is 2.67. The molecule has 2 aromatic heterocycles. The molecule has 1 aromatic carbocycles. The summed E-state index contributed by atoms with van der Waals surface area (Å²) in [5.41, 5.74) is 1.12. The molecule has 0 bridgehead atoms. The van der Waals surface area contributed by atoms with Crippen LogP contribution in [0.25, 0.3) is 16.8 Å². The predicted molar refractivity (Wildman–Crippen MR) is 90.1 cm³/mol. The number of benzene rings is 1. The van der Waals surface area contributed by atoms with E-state index in [-0.39, 0.29) is 0 Å². The molecule has 3 aromatic rings. The molecular formula is C15H12N4S2. The van der Waals surface area contributed by atoms with Gasteiger partial charge in [-0.2, -0.15) is 14.9 Å². The molecular weight excluding hydrogens is 300 g/mol. The summed E-state index contributed by atoms with van der Waals surface area (Å²) in [6, 6.07) is 14.0. The van der Waals surface area contributed by atoms with Crippen LogP contribution in [0.5, 0.6) is 0 Å². The summed E-state index contributed by atoms with van der Waals surface area (Å²) in [7, 11) is 0. The van der Waals surface area contributed by atoms with E-state index in [1.807, 2.05) is 60.0 Å². The van der Waals surface area contributed by atoms with Gasteiger partial charge in [0.15, 0.2) is 5.82 Å². The number of allylic oxidation sites excluding steroid dienone is 1. The third-order valence-electron chi connectivity index (χ3n) is 2.75. The second-order valence-corrected chi connectivity index (χ2v) is 5.51. The molecule has 0 spiro atoms. The van der Waals surface area contributed by atoms with Crippen LogP contribution in [0.1, 0.15) is 5.56 Å². The van der Waals surface area contributed by atoms with Crippen LogP contribution in [-0.4, -0.2) is 21.1 Å². The summed E-state index contributed by atoms with van der Waals surface area (Å²) in [5, 5.41) is 13.3. The highest BCUT2D eigenvalue weighted by molar-refractivity contribution is 7.71. The van der Waals surface area contributed by atoms with E-state index in [1.165, 1.54) is 0 Å². The van der Waals surface area contributed by atoms with Crippen molar-refractivity contribution in [3.63, 3.8) is 0 Å². The number of nitrogens with zero attached hydrogens (tertiary/aromatic N) is 3. The van der Waals surface area contributed by atoms with E-state index in [0.29, 0.717) is 4.77 Å². The van der Waals surface area contributed by atoms with Crippen molar-refractivity contribution in [3.8, 4) is 10.7 Å². The predicted octanol–water partition coefficient (Wildman–Crippen LogP) is 4.22. The van der Waals surface area contributed by atoms with Crippen molar-refractivity contribution in [2.24, 2.45) is 5.10 Å². The van der Waals surface area contributed by atoms with Crippen LogP contribution in [-0.2, 0) is 0 Å². The first-order valence-electron chi connectivity index (χ1n) is 6.32. The average Bonchev–Trinajstić information content (AvgIpc) is 3.15. The molecule has 0 fully saturated rings. The smallest absolute Gasteiger partial charge is 0.216 e. The number of nitrogens with one attached hydrogen (secondary N) is 1. The molecule has 0 aliphatic rings.